The number of methoxy groups -OCH3 is 1. The van der Waals surface area contributed by atoms with Gasteiger partial charge in [0.05, 0.1) is 12.0 Å². The lowest BCUT2D eigenvalue weighted by Crippen LogP contribution is -2.17. The van der Waals surface area contributed by atoms with Gasteiger partial charge in [0.2, 0.25) is 0 Å². The molecule has 0 saturated carbocycles. The van der Waals surface area contributed by atoms with E-state index in [9.17, 15) is 18.0 Å². The molecule has 0 radical (unpaired) electrons. The second kappa shape index (κ2) is 6.47. The van der Waals surface area contributed by atoms with E-state index in [1.54, 1.807) is 0 Å². The Morgan fingerprint density at radius 1 is 1.16 bits per heavy atom. The van der Waals surface area contributed by atoms with Gasteiger partial charge in [-0.3, -0.25) is 9.59 Å². The molecule has 0 aliphatic heterocycles. The Labute approximate surface area is 112 Å². The molecule has 0 heterocycles. The number of carbonyl (C=O) groups is 2. The van der Waals surface area contributed by atoms with E-state index < -0.39 is 21.6 Å². The van der Waals surface area contributed by atoms with Crippen LogP contribution in [-0.4, -0.2) is 33.0 Å². The van der Waals surface area contributed by atoms with Crippen LogP contribution in [0.1, 0.15) is 30.1 Å². The molecular formula is C13H16O5S. The predicted molar refractivity (Wildman–Crippen MR) is 69.7 cm³/mol. The number of rotatable bonds is 6. The van der Waals surface area contributed by atoms with Crippen LogP contribution in [0.2, 0.25) is 0 Å². The predicted octanol–water partition coefficient (Wildman–Crippen LogP) is 1.62. The van der Waals surface area contributed by atoms with Crippen LogP contribution in [-0.2, 0) is 19.4 Å². The largest absolute Gasteiger partial charge is 0.468 e. The van der Waals surface area contributed by atoms with Crippen molar-refractivity contribution < 1.29 is 22.7 Å². The van der Waals surface area contributed by atoms with Crippen molar-refractivity contribution in [3.63, 3.8) is 0 Å². The van der Waals surface area contributed by atoms with Crippen molar-refractivity contribution in [1.29, 1.82) is 0 Å². The minimum absolute atomic E-state index is 0.00551. The number of ether oxygens (including phenoxy) is 1. The molecule has 0 amide bonds. The van der Waals surface area contributed by atoms with Crippen molar-refractivity contribution >= 4 is 21.6 Å². The molecule has 1 rings (SSSR count). The molecule has 0 atom stereocenters. The molecule has 0 saturated heterocycles. The van der Waals surface area contributed by atoms with Gasteiger partial charge in [0.15, 0.2) is 21.4 Å². The molecule has 0 bridgehead atoms. The summed E-state index contributed by atoms with van der Waals surface area (Å²) in [5.41, 5.74) is 0.471. The van der Waals surface area contributed by atoms with Gasteiger partial charge in [0.1, 0.15) is 0 Å². The van der Waals surface area contributed by atoms with Crippen molar-refractivity contribution in [1.82, 2.24) is 0 Å². The summed E-state index contributed by atoms with van der Waals surface area (Å²) in [6.07, 6.45) is 1.16. The summed E-state index contributed by atoms with van der Waals surface area (Å²) in [5.74, 6) is -1.54. The SMILES string of the molecule is CCCC(=O)c1ccc(S(=O)(=O)CC(=O)OC)cc1. The number of hydrogen-bond donors (Lipinski definition) is 0. The summed E-state index contributed by atoms with van der Waals surface area (Å²) >= 11 is 0. The first-order valence-corrected chi connectivity index (χ1v) is 7.48. The van der Waals surface area contributed by atoms with Gasteiger partial charge in [-0.05, 0) is 18.6 Å². The van der Waals surface area contributed by atoms with Gasteiger partial charge < -0.3 is 4.74 Å². The maximum atomic E-state index is 11.8. The van der Waals surface area contributed by atoms with E-state index in [4.69, 9.17) is 0 Å². The van der Waals surface area contributed by atoms with Gasteiger partial charge in [-0.2, -0.15) is 0 Å². The lowest BCUT2D eigenvalue weighted by molar-refractivity contribution is -0.137. The number of Topliss-reactive ketones (excluding diaryl/α,β-unsaturated/α-hetero) is 1. The summed E-state index contributed by atoms with van der Waals surface area (Å²) in [6.45, 7) is 1.90. The maximum absolute atomic E-state index is 11.8. The summed E-state index contributed by atoms with van der Waals surface area (Å²) < 4.78 is 28.0. The highest BCUT2D eigenvalue weighted by atomic mass is 32.2. The molecule has 0 aromatic heterocycles. The Balaban J connectivity index is 2.92. The first-order valence-electron chi connectivity index (χ1n) is 5.83. The van der Waals surface area contributed by atoms with E-state index in [2.05, 4.69) is 4.74 Å². The lowest BCUT2D eigenvalue weighted by Gasteiger charge is -2.04. The highest BCUT2D eigenvalue weighted by Crippen LogP contribution is 2.14. The van der Waals surface area contributed by atoms with Gasteiger partial charge in [-0.15, -0.1) is 0 Å². The zero-order valence-corrected chi connectivity index (χ0v) is 11.7. The molecule has 5 nitrogen and oxygen atoms in total. The third-order valence-corrected chi connectivity index (χ3v) is 4.15. The zero-order chi connectivity index (χ0) is 14.5. The second-order valence-corrected chi connectivity index (χ2v) is 6.02. The van der Waals surface area contributed by atoms with Crippen molar-refractivity contribution in [2.24, 2.45) is 0 Å². The molecule has 0 N–H and O–H groups in total. The quantitative estimate of drug-likeness (QED) is 0.586. The molecular weight excluding hydrogens is 268 g/mol. The normalized spacial score (nSPS) is 11.1. The van der Waals surface area contributed by atoms with Crippen LogP contribution in [0.4, 0.5) is 0 Å². The van der Waals surface area contributed by atoms with E-state index in [-0.39, 0.29) is 10.7 Å². The van der Waals surface area contributed by atoms with Crippen LogP contribution in [0, 0.1) is 0 Å². The third-order valence-electron chi connectivity index (χ3n) is 2.55. The second-order valence-electron chi connectivity index (χ2n) is 4.03. The Hall–Kier alpha value is -1.69. The summed E-state index contributed by atoms with van der Waals surface area (Å²) in [7, 11) is -2.58. The highest BCUT2D eigenvalue weighted by Gasteiger charge is 2.20. The fourth-order valence-corrected chi connectivity index (χ4v) is 2.66. The van der Waals surface area contributed by atoms with Crippen molar-refractivity contribution in [2.75, 3.05) is 12.9 Å². The average molecular weight is 284 g/mol. The molecule has 0 spiro atoms. The number of ketones is 1. The molecule has 1 aromatic rings. The van der Waals surface area contributed by atoms with E-state index in [0.717, 1.165) is 13.5 Å². The highest BCUT2D eigenvalue weighted by molar-refractivity contribution is 7.92. The molecule has 0 unspecified atom stereocenters. The van der Waals surface area contributed by atoms with Crippen LogP contribution >= 0.6 is 0 Å². The van der Waals surface area contributed by atoms with Crippen molar-refractivity contribution in [3.8, 4) is 0 Å². The number of hydrogen-bond acceptors (Lipinski definition) is 5. The van der Waals surface area contributed by atoms with Gasteiger partial charge in [0, 0.05) is 12.0 Å². The zero-order valence-electron chi connectivity index (χ0n) is 10.9. The summed E-state index contributed by atoms with van der Waals surface area (Å²) in [5, 5.41) is 0. The number of esters is 1. The minimum Gasteiger partial charge on any atom is -0.468 e. The van der Waals surface area contributed by atoms with Crippen LogP contribution in [0.5, 0.6) is 0 Å². The van der Waals surface area contributed by atoms with Gasteiger partial charge in [-0.25, -0.2) is 8.42 Å². The van der Waals surface area contributed by atoms with E-state index in [1.165, 1.54) is 24.3 Å². The fourth-order valence-electron chi connectivity index (χ4n) is 1.52. The van der Waals surface area contributed by atoms with Crippen molar-refractivity contribution in [3.05, 3.63) is 29.8 Å². The van der Waals surface area contributed by atoms with E-state index in [1.807, 2.05) is 6.92 Å². The maximum Gasteiger partial charge on any atom is 0.321 e. The molecule has 1 aromatic carbocycles. The van der Waals surface area contributed by atoms with Crippen molar-refractivity contribution in [2.45, 2.75) is 24.7 Å². The molecule has 6 heteroatoms. The fraction of sp³-hybridized carbons (Fsp3) is 0.385. The van der Waals surface area contributed by atoms with Gasteiger partial charge >= 0.3 is 5.97 Å². The molecule has 104 valence electrons. The Kier molecular flexibility index (Phi) is 5.23. The summed E-state index contributed by atoms with van der Waals surface area (Å²) in [4.78, 5) is 22.6. The minimum atomic E-state index is -3.71. The van der Waals surface area contributed by atoms with Gasteiger partial charge in [0.25, 0.3) is 0 Å². The molecule has 0 fully saturated rings. The standard InChI is InChI=1S/C13H16O5S/c1-3-4-12(14)10-5-7-11(8-6-10)19(16,17)9-13(15)18-2/h5-8H,3-4,9H2,1-2H3. The molecule has 0 aliphatic rings. The topological polar surface area (TPSA) is 77.5 Å². The average Bonchev–Trinajstić information content (AvgIpc) is 2.38. The van der Waals surface area contributed by atoms with E-state index >= 15 is 0 Å². The number of benzene rings is 1. The Morgan fingerprint density at radius 2 is 1.74 bits per heavy atom. The first-order chi connectivity index (χ1) is 8.90. The van der Waals surface area contributed by atoms with Crippen LogP contribution in [0.15, 0.2) is 29.2 Å². The monoisotopic (exact) mass is 284 g/mol. The number of carbonyl (C=O) groups excluding carboxylic acids is 2. The lowest BCUT2D eigenvalue weighted by atomic mass is 10.1. The first kappa shape index (κ1) is 15.4. The van der Waals surface area contributed by atoms with Gasteiger partial charge in [-0.1, -0.05) is 19.1 Å². The van der Waals surface area contributed by atoms with Crippen LogP contribution in [0.25, 0.3) is 0 Å². The molecule has 0 aliphatic carbocycles. The number of sulfone groups is 1. The third kappa shape index (κ3) is 4.17. The Morgan fingerprint density at radius 3 is 2.21 bits per heavy atom. The smallest absolute Gasteiger partial charge is 0.321 e. The van der Waals surface area contributed by atoms with Crippen LogP contribution < -0.4 is 0 Å². The van der Waals surface area contributed by atoms with E-state index in [0.29, 0.717) is 12.0 Å². The van der Waals surface area contributed by atoms with Crippen LogP contribution in [0.3, 0.4) is 0 Å². The molecule has 19 heavy (non-hydrogen) atoms. The Bertz CT molecular complexity index is 557. The summed E-state index contributed by atoms with van der Waals surface area (Å²) in [6, 6.07) is 5.59.